The zero-order valence-electron chi connectivity index (χ0n) is 11.7. The van der Waals surface area contributed by atoms with Crippen LogP contribution in [0.3, 0.4) is 0 Å². The predicted octanol–water partition coefficient (Wildman–Crippen LogP) is 2.58. The van der Waals surface area contributed by atoms with E-state index >= 15 is 0 Å². The van der Waals surface area contributed by atoms with Crippen molar-refractivity contribution in [3.05, 3.63) is 23.8 Å². The first kappa shape index (κ1) is 13.2. The van der Waals surface area contributed by atoms with Crippen LogP contribution in [0.5, 0.6) is 5.75 Å². The van der Waals surface area contributed by atoms with Crippen LogP contribution in [-0.2, 0) is 6.42 Å². The third-order valence-corrected chi connectivity index (χ3v) is 3.36. The zero-order chi connectivity index (χ0) is 13.2. The molecule has 2 rings (SSSR count). The molecule has 1 aromatic rings. The number of likely N-dealkylation sites (N-methyl/N-ethyl adjacent to an activating group) is 1. The highest BCUT2D eigenvalue weighted by Gasteiger charge is 2.29. The number of fused-ring (bicyclic) bond motifs is 1. The molecule has 1 aliphatic heterocycles. The molecule has 1 aliphatic rings. The van der Waals surface area contributed by atoms with Crippen molar-refractivity contribution in [2.75, 3.05) is 25.0 Å². The van der Waals surface area contributed by atoms with Crippen molar-refractivity contribution in [1.29, 1.82) is 0 Å². The minimum Gasteiger partial charge on any atom is -0.484 e. The van der Waals surface area contributed by atoms with Crippen molar-refractivity contribution >= 4 is 5.69 Å². The highest BCUT2D eigenvalue weighted by Crippen LogP contribution is 2.36. The Bertz CT molecular complexity index is 415. The van der Waals surface area contributed by atoms with Gasteiger partial charge in [0.05, 0.1) is 12.2 Å². The number of anilines is 1. The first-order chi connectivity index (χ1) is 8.52. The van der Waals surface area contributed by atoms with Gasteiger partial charge in [0.1, 0.15) is 11.4 Å². The van der Waals surface area contributed by atoms with Gasteiger partial charge in [-0.05, 0) is 57.4 Å². The maximum atomic E-state index is 6.01. The van der Waals surface area contributed by atoms with Gasteiger partial charge in [0, 0.05) is 7.05 Å². The fraction of sp³-hybridized carbons (Fsp3) is 0.600. The van der Waals surface area contributed by atoms with Crippen LogP contribution in [0.2, 0.25) is 0 Å². The van der Waals surface area contributed by atoms with E-state index in [2.05, 4.69) is 44.0 Å². The van der Waals surface area contributed by atoms with Crippen molar-refractivity contribution < 1.29 is 4.74 Å². The Kier molecular flexibility index (Phi) is 3.81. The van der Waals surface area contributed by atoms with Gasteiger partial charge >= 0.3 is 0 Å². The summed E-state index contributed by atoms with van der Waals surface area (Å²) < 4.78 is 6.01. The smallest absolute Gasteiger partial charge is 0.143 e. The third kappa shape index (κ3) is 2.96. The minimum absolute atomic E-state index is 0.108. The molecule has 0 fully saturated rings. The molecule has 0 amide bonds. The van der Waals surface area contributed by atoms with Crippen molar-refractivity contribution in [3.8, 4) is 5.75 Å². The largest absolute Gasteiger partial charge is 0.484 e. The normalized spacial score (nSPS) is 17.2. The van der Waals surface area contributed by atoms with Crippen molar-refractivity contribution in [1.82, 2.24) is 0 Å². The number of benzene rings is 1. The van der Waals surface area contributed by atoms with Gasteiger partial charge in [-0.15, -0.1) is 0 Å². The van der Waals surface area contributed by atoms with Gasteiger partial charge < -0.3 is 15.4 Å². The van der Waals surface area contributed by atoms with Gasteiger partial charge in [0.2, 0.25) is 0 Å². The number of rotatable bonds is 4. The van der Waals surface area contributed by atoms with Crippen LogP contribution in [0.1, 0.15) is 32.3 Å². The Morgan fingerprint density at radius 1 is 1.33 bits per heavy atom. The number of nitrogens with zero attached hydrogens (tertiary/aromatic N) is 1. The third-order valence-electron chi connectivity index (χ3n) is 3.36. The van der Waals surface area contributed by atoms with Crippen LogP contribution in [0, 0.1) is 0 Å². The lowest BCUT2D eigenvalue weighted by Gasteiger charge is -2.39. The summed E-state index contributed by atoms with van der Waals surface area (Å²) >= 11 is 0. The quantitative estimate of drug-likeness (QED) is 0.832. The summed E-state index contributed by atoms with van der Waals surface area (Å²) in [5.41, 5.74) is 8.00. The van der Waals surface area contributed by atoms with E-state index in [4.69, 9.17) is 10.5 Å². The average Bonchev–Trinajstić information content (AvgIpc) is 2.29. The summed E-state index contributed by atoms with van der Waals surface area (Å²) in [5.74, 6) is 0.997. The molecule has 1 aromatic carbocycles. The topological polar surface area (TPSA) is 38.5 Å². The van der Waals surface area contributed by atoms with Crippen molar-refractivity contribution in [2.45, 2.75) is 38.7 Å². The molecule has 3 heteroatoms. The summed E-state index contributed by atoms with van der Waals surface area (Å²) in [6.45, 7) is 5.96. The summed E-state index contributed by atoms with van der Waals surface area (Å²) in [5, 5.41) is 0. The lowest BCUT2D eigenvalue weighted by molar-refractivity contribution is 0.107. The number of nitrogens with two attached hydrogens (primary N) is 1. The Morgan fingerprint density at radius 2 is 2.11 bits per heavy atom. The molecule has 100 valence electrons. The molecule has 0 radical (unpaired) electrons. The Balaban J connectivity index is 2.14. The fourth-order valence-corrected chi connectivity index (χ4v) is 2.56. The van der Waals surface area contributed by atoms with Gasteiger partial charge in [0.15, 0.2) is 0 Å². The van der Waals surface area contributed by atoms with Gasteiger partial charge in [-0.3, -0.25) is 0 Å². The standard InChI is InChI=1S/C15H24N2O/c1-15(2)11-17(3)13-10-12(6-4-5-9-16)7-8-14(13)18-15/h7-8,10H,4-6,9,11,16H2,1-3H3. The molecule has 0 atom stereocenters. The molecule has 1 heterocycles. The minimum atomic E-state index is -0.108. The molecule has 0 saturated heterocycles. The van der Waals surface area contributed by atoms with E-state index in [0.717, 1.165) is 38.1 Å². The van der Waals surface area contributed by atoms with E-state index < -0.39 is 0 Å². The first-order valence-electron chi connectivity index (χ1n) is 6.75. The highest BCUT2D eigenvalue weighted by atomic mass is 16.5. The average molecular weight is 248 g/mol. The van der Waals surface area contributed by atoms with Gasteiger partial charge in [0.25, 0.3) is 0 Å². The van der Waals surface area contributed by atoms with Crippen LogP contribution < -0.4 is 15.4 Å². The molecular weight excluding hydrogens is 224 g/mol. The molecule has 18 heavy (non-hydrogen) atoms. The molecule has 0 spiro atoms. The molecule has 0 unspecified atom stereocenters. The number of unbranched alkanes of at least 4 members (excludes halogenated alkanes) is 1. The lowest BCUT2D eigenvalue weighted by atomic mass is 10.0. The van der Waals surface area contributed by atoms with Crippen LogP contribution in [-0.4, -0.2) is 25.7 Å². The summed E-state index contributed by atoms with van der Waals surface area (Å²) in [7, 11) is 2.13. The molecule has 0 aromatic heterocycles. The predicted molar refractivity (Wildman–Crippen MR) is 76.4 cm³/mol. The second-order valence-corrected chi connectivity index (χ2v) is 5.77. The van der Waals surface area contributed by atoms with Crippen LogP contribution in [0.25, 0.3) is 0 Å². The molecular formula is C15H24N2O. The Morgan fingerprint density at radius 3 is 2.83 bits per heavy atom. The second kappa shape index (κ2) is 5.19. The van der Waals surface area contributed by atoms with E-state index in [0.29, 0.717) is 0 Å². The van der Waals surface area contributed by atoms with E-state index in [1.807, 2.05) is 0 Å². The molecule has 3 nitrogen and oxygen atoms in total. The van der Waals surface area contributed by atoms with E-state index in [1.54, 1.807) is 0 Å². The Hall–Kier alpha value is -1.22. The lowest BCUT2D eigenvalue weighted by Crippen LogP contribution is -2.45. The molecule has 0 bridgehead atoms. The second-order valence-electron chi connectivity index (χ2n) is 5.77. The molecule has 0 aliphatic carbocycles. The fourth-order valence-electron chi connectivity index (χ4n) is 2.56. The van der Waals surface area contributed by atoms with Crippen molar-refractivity contribution in [3.63, 3.8) is 0 Å². The number of hydrogen-bond donors (Lipinski definition) is 1. The van der Waals surface area contributed by atoms with Crippen LogP contribution in [0.4, 0.5) is 5.69 Å². The molecule has 0 saturated carbocycles. The van der Waals surface area contributed by atoms with E-state index in [9.17, 15) is 0 Å². The van der Waals surface area contributed by atoms with Gasteiger partial charge in [-0.25, -0.2) is 0 Å². The maximum Gasteiger partial charge on any atom is 0.143 e. The monoisotopic (exact) mass is 248 g/mol. The van der Waals surface area contributed by atoms with E-state index in [-0.39, 0.29) is 5.60 Å². The van der Waals surface area contributed by atoms with Crippen LogP contribution in [0.15, 0.2) is 18.2 Å². The number of ether oxygens (including phenoxy) is 1. The summed E-state index contributed by atoms with van der Waals surface area (Å²) in [4.78, 5) is 2.28. The van der Waals surface area contributed by atoms with Gasteiger partial charge in [-0.2, -0.15) is 0 Å². The first-order valence-corrected chi connectivity index (χ1v) is 6.75. The van der Waals surface area contributed by atoms with Gasteiger partial charge in [-0.1, -0.05) is 6.07 Å². The number of hydrogen-bond acceptors (Lipinski definition) is 3. The number of aryl methyl sites for hydroxylation is 1. The zero-order valence-corrected chi connectivity index (χ0v) is 11.7. The highest BCUT2D eigenvalue weighted by molar-refractivity contribution is 5.61. The van der Waals surface area contributed by atoms with Crippen LogP contribution >= 0.6 is 0 Å². The SMILES string of the molecule is CN1CC(C)(C)Oc2ccc(CCCCN)cc21. The molecule has 2 N–H and O–H groups in total. The summed E-state index contributed by atoms with van der Waals surface area (Å²) in [6.07, 6.45) is 3.35. The van der Waals surface area contributed by atoms with Crippen molar-refractivity contribution in [2.24, 2.45) is 5.73 Å². The Labute approximate surface area is 110 Å². The maximum absolute atomic E-state index is 6.01. The summed E-state index contributed by atoms with van der Waals surface area (Å²) in [6, 6.07) is 6.52. The van der Waals surface area contributed by atoms with E-state index in [1.165, 1.54) is 11.3 Å².